The van der Waals surface area contributed by atoms with Crippen molar-refractivity contribution >= 4 is 11.9 Å². The van der Waals surface area contributed by atoms with Gasteiger partial charge in [-0.1, -0.05) is 26.0 Å². The van der Waals surface area contributed by atoms with Crippen LogP contribution in [0.4, 0.5) is 8.78 Å². The molecule has 0 aliphatic carbocycles. The predicted octanol–water partition coefficient (Wildman–Crippen LogP) is 4.97. The van der Waals surface area contributed by atoms with Gasteiger partial charge >= 0.3 is 5.97 Å². The minimum absolute atomic E-state index is 0.0139. The largest absolute Gasteiger partial charge is 0.497 e. The average molecular weight is 474 g/mol. The number of carbonyl (C=O) groups excluding carboxylic acids is 2. The topological polar surface area (TPSA) is 65.1 Å². The molecule has 0 radical (unpaired) electrons. The molecule has 1 aliphatic heterocycles. The van der Waals surface area contributed by atoms with E-state index in [2.05, 4.69) is 0 Å². The standard InChI is InChI=1S/C26H29F2NO5/c1-15(2)14-34-26(31)24-16(3)29(13-17-7-6-8-21(27)25(17)28)23(30)12-20(24)19-11-18(32-4)9-10-22(19)33-5/h6-11,15,20H,12-14H2,1-5H3. The Bertz CT molecular complexity index is 1110. The van der Waals surface area contributed by atoms with E-state index in [1.807, 2.05) is 13.8 Å². The maximum absolute atomic E-state index is 14.3. The van der Waals surface area contributed by atoms with Gasteiger partial charge in [0.1, 0.15) is 11.5 Å². The lowest BCUT2D eigenvalue weighted by Crippen LogP contribution is -2.38. The number of hydrogen-bond donors (Lipinski definition) is 0. The number of benzene rings is 2. The first-order chi connectivity index (χ1) is 16.2. The number of ether oxygens (including phenoxy) is 3. The first-order valence-corrected chi connectivity index (χ1v) is 11.0. The van der Waals surface area contributed by atoms with Gasteiger partial charge in [-0.3, -0.25) is 4.79 Å². The van der Waals surface area contributed by atoms with E-state index in [9.17, 15) is 18.4 Å². The summed E-state index contributed by atoms with van der Waals surface area (Å²) in [4.78, 5) is 27.8. The lowest BCUT2D eigenvalue weighted by atomic mass is 9.83. The molecule has 2 aromatic rings. The van der Waals surface area contributed by atoms with Gasteiger partial charge in [-0.15, -0.1) is 0 Å². The van der Waals surface area contributed by atoms with Gasteiger partial charge in [-0.05, 0) is 37.1 Å². The van der Waals surface area contributed by atoms with Crippen molar-refractivity contribution in [3.05, 3.63) is 70.4 Å². The van der Waals surface area contributed by atoms with E-state index in [0.29, 0.717) is 22.8 Å². The Kier molecular flexibility index (Phi) is 7.91. The molecule has 8 heteroatoms. The van der Waals surface area contributed by atoms with Gasteiger partial charge in [0.15, 0.2) is 11.6 Å². The maximum atomic E-state index is 14.3. The fraction of sp³-hybridized carbons (Fsp3) is 0.385. The number of methoxy groups -OCH3 is 2. The predicted molar refractivity (Wildman–Crippen MR) is 122 cm³/mol. The van der Waals surface area contributed by atoms with Gasteiger partial charge in [0, 0.05) is 29.2 Å². The molecule has 2 aromatic carbocycles. The summed E-state index contributed by atoms with van der Waals surface area (Å²) in [5.74, 6) is -2.45. The molecule has 1 heterocycles. The molecule has 0 saturated carbocycles. The van der Waals surface area contributed by atoms with E-state index < -0.39 is 23.5 Å². The summed E-state index contributed by atoms with van der Waals surface area (Å²) in [6.07, 6.45) is -0.0795. The van der Waals surface area contributed by atoms with Crippen LogP contribution in [0.3, 0.4) is 0 Å². The highest BCUT2D eigenvalue weighted by Gasteiger charge is 2.38. The summed E-state index contributed by atoms with van der Waals surface area (Å²) in [6.45, 7) is 5.43. The van der Waals surface area contributed by atoms with Crippen molar-refractivity contribution in [1.29, 1.82) is 0 Å². The number of esters is 1. The molecule has 0 bridgehead atoms. The zero-order chi connectivity index (χ0) is 25.0. The molecule has 1 atom stereocenters. The van der Waals surface area contributed by atoms with E-state index in [1.54, 1.807) is 25.1 Å². The van der Waals surface area contributed by atoms with Crippen molar-refractivity contribution in [2.45, 2.75) is 39.7 Å². The highest BCUT2D eigenvalue weighted by atomic mass is 19.2. The number of allylic oxidation sites excluding steroid dienone is 1. The Hall–Kier alpha value is -3.42. The lowest BCUT2D eigenvalue weighted by molar-refractivity contribution is -0.141. The zero-order valence-corrected chi connectivity index (χ0v) is 20.0. The SMILES string of the molecule is COc1ccc(OC)c(C2CC(=O)N(Cc3cccc(F)c3F)C(C)=C2C(=O)OCC(C)C)c1. The molecule has 0 N–H and O–H groups in total. The van der Waals surface area contributed by atoms with E-state index in [1.165, 1.54) is 31.3 Å². The fourth-order valence-electron chi connectivity index (χ4n) is 4.01. The maximum Gasteiger partial charge on any atom is 0.336 e. The minimum Gasteiger partial charge on any atom is -0.497 e. The van der Waals surface area contributed by atoms with Crippen LogP contribution in [0, 0.1) is 17.6 Å². The summed E-state index contributed by atoms with van der Waals surface area (Å²) in [5.41, 5.74) is 1.20. The van der Waals surface area contributed by atoms with Crippen LogP contribution in [0.25, 0.3) is 0 Å². The number of nitrogens with zero attached hydrogens (tertiary/aromatic N) is 1. The summed E-state index contributed by atoms with van der Waals surface area (Å²) in [6, 6.07) is 8.95. The molecule has 1 amide bonds. The molecule has 0 fully saturated rings. The molecule has 34 heavy (non-hydrogen) atoms. The third-order valence-corrected chi connectivity index (χ3v) is 5.76. The Labute approximate surface area is 198 Å². The quantitative estimate of drug-likeness (QED) is 0.507. The van der Waals surface area contributed by atoms with Crippen LogP contribution >= 0.6 is 0 Å². The number of rotatable bonds is 8. The fourth-order valence-corrected chi connectivity index (χ4v) is 4.01. The first-order valence-electron chi connectivity index (χ1n) is 11.0. The van der Waals surface area contributed by atoms with Crippen molar-refractivity contribution < 1.29 is 32.6 Å². The Balaban J connectivity index is 2.11. The van der Waals surface area contributed by atoms with Crippen LogP contribution in [-0.4, -0.2) is 37.6 Å². The summed E-state index contributed by atoms with van der Waals surface area (Å²) in [5, 5.41) is 0. The van der Waals surface area contributed by atoms with Gasteiger partial charge in [0.2, 0.25) is 5.91 Å². The monoisotopic (exact) mass is 473 g/mol. The average Bonchev–Trinajstić information content (AvgIpc) is 2.81. The molecular weight excluding hydrogens is 444 g/mol. The van der Waals surface area contributed by atoms with Crippen molar-refractivity contribution in [2.75, 3.05) is 20.8 Å². The van der Waals surface area contributed by atoms with E-state index >= 15 is 0 Å². The van der Waals surface area contributed by atoms with Crippen molar-refractivity contribution in [3.63, 3.8) is 0 Å². The number of amides is 1. The van der Waals surface area contributed by atoms with E-state index in [4.69, 9.17) is 14.2 Å². The normalized spacial score (nSPS) is 16.2. The van der Waals surface area contributed by atoms with Crippen LogP contribution in [-0.2, 0) is 20.9 Å². The number of hydrogen-bond acceptors (Lipinski definition) is 5. The van der Waals surface area contributed by atoms with Gasteiger partial charge in [0.25, 0.3) is 0 Å². The Morgan fingerprint density at radius 3 is 2.53 bits per heavy atom. The number of carbonyl (C=O) groups is 2. The zero-order valence-electron chi connectivity index (χ0n) is 20.0. The third kappa shape index (κ3) is 5.21. The summed E-state index contributed by atoms with van der Waals surface area (Å²) in [7, 11) is 3.02. The molecular formula is C26H29F2NO5. The molecule has 0 saturated heterocycles. The molecule has 6 nitrogen and oxygen atoms in total. The summed E-state index contributed by atoms with van der Waals surface area (Å²) >= 11 is 0. The van der Waals surface area contributed by atoms with Crippen molar-refractivity contribution in [1.82, 2.24) is 4.90 Å². The Morgan fingerprint density at radius 2 is 1.88 bits per heavy atom. The minimum atomic E-state index is -1.02. The molecule has 1 aliphatic rings. The van der Waals surface area contributed by atoms with Crippen LogP contribution in [0.2, 0.25) is 0 Å². The van der Waals surface area contributed by atoms with E-state index in [0.717, 1.165) is 6.07 Å². The molecule has 0 spiro atoms. The van der Waals surface area contributed by atoms with Gasteiger partial charge in [0.05, 0.1) is 32.9 Å². The van der Waals surface area contributed by atoms with Crippen LogP contribution < -0.4 is 9.47 Å². The number of halogens is 2. The highest BCUT2D eigenvalue weighted by Crippen LogP contribution is 2.42. The second-order valence-electron chi connectivity index (χ2n) is 8.55. The van der Waals surface area contributed by atoms with Gasteiger partial charge in [-0.25, -0.2) is 13.6 Å². The smallest absolute Gasteiger partial charge is 0.336 e. The molecule has 0 aromatic heterocycles. The molecule has 182 valence electrons. The van der Waals surface area contributed by atoms with Gasteiger partial charge < -0.3 is 19.1 Å². The van der Waals surface area contributed by atoms with Crippen LogP contribution in [0.5, 0.6) is 11.5 Å². The van der Waals surface area contributed by atoms with Gasteiger partial charge in [-0.2, -0.15) is 0 Å². The Morgan fingerprint density at radius 1 is 1.15 bits per heavy atom. The second kappa shape index (κ2) is 10.7. The molecule has 1 unspecified atom stereocenters. The van der Waals surface area contributed by atoms with E-state index in [-0.39, 0.29) is 42.5 Å². The van der Waals surface area contributed by atoms with Crippen LogP contribution in [0.15, 0.2) is 47.7 Å². The first kappa shape index (κ1) is 25.2. The lowest BCUT2D eigenvalue weighted by Gasteiger charge is -2.35. The summed E-state index contributed by atoms with van der Waals surface area (Å²) < 4.78 is 44.5. The third-order valence-electron chi connectivity index (χ3n) is 5.76. The second-order valence-corrected chi connectivity index (χ2v) is 8.55. The van der Waals surface area contributed by atoms with Crippen LogP contribution in [0.1, 0.15) is 44.2 Å². The highest BCUT2D eigenvalue weighted by molar-refractivity contribution is 5.96. The molecule has 3 rings (SSSR count). The van der Waals surface area contributed by atoms with Crippen molar-refractivity contribution in [2.24, 2.45) is 5.92 Å². The van der Waals surface area contributed by atoms with Crippen molar-refractivity contribution in [3.8, 4) is 11.5 Å².